The third-order valence-electron chi connectivity index (χ3n) is 2.90. The average Bonchev–Trinajstić information content (AvgIpc) is 2.05. The summed E-state index contributed by atoms with van der Waals surface area (Å²) in [7, 11) is 0. The van der Waals surface area contributed by atoms with E-state index in [-0.39, 0.29) is 0 Å². The summed E-state index contributed by atoms with van der Waals surface area (Å²) in [4.78, 5) is 11.6. The summed E-state index contributed by atoms with van der Waals surface area (Å²) >= 11 is 0. The Morgan fingerprint density at radius 3 is 2.00 bits per heavy atom. The minimum Gasteiger partial charge on any atom is -0.299 e. The molecule has 1 rings (SSSR count). The second-order valence-electron chi connectivity index (χ2n) is 3.54. The third-order valence-corrected chi connectivity index (χ3v) is 2.90. The molecular formula is C10H18O. The van der Waals surface area contributed by atoms with Gasteiger partial charge in [-0.3, -0.25) is 4.79 Å². The maximum absolute atomic E-state index is 11.6. The highest BCUT2D eigenvalue weighted by Gasteiger charge is 2.28. The van der Waals surface area contributed by atoms with Crippen LogP contribution >= 0.6 is 0 Å². The molecule has 0 radical (unpaired) electrons. The lowest BCUT2D eigenvalue weighted by Gasteiger charge is -2.25. The Hall–Kier alpha value is -0.330. The fraction of sp³-hybridized carbons (Fsp3) is 0.900. The van der Waals surface area contributed by atoms with Crippen LogP contribution in [-0.4, -0.2) is 5.78 Å². The molecule has 11 heavy (non-hydrogen) atoms. The van der Waals surface area contributed by atoms with Crippen molar-refractivity contribution in [2.45, 2.75) is 46.0 Å². The largest absolute Gasteiger partial charge is 0.299 e. The molecule has 0 aromatic carbocycles. The van der Waals surface area contributed by atoms with Crippen LogP contribution in [0.25, 0.3) is 0 Å². The lowest BCUT2D eigenvalue weighted by Crippen LogP contribution is -2.27. The van der Waals surface area contributed by atoms with Gasteiger partial charge in [-0.05, 0) is 25.7 Å². The van der Waals surface area contributed by atoms with Gasteiger partial charge in [0.1, 0.15) is 5.78 Å². The molecule has 0 saturated heterocycles. The van der Waals surface area contributed by atoms with Gasteiger partial charge in [-0.25, -0.2) is 0 Å². The molecule has 1 nitrogen and oxygen atoms in total. The molecule has 0 bridgehead atoms. The van der Waals surface area contributed by atoms with Gasteiger partial charge in [-0.2, -0.15) is 0 Å². The lowest BCUT2D eigenvalue weighted by atomic mass is 9.78. The number of carbonyl (C=O) groups excluding carboxylic acids is 1. The molecule has 0 amide bonds. The first-order valence-corrected chi connectivity index (χ1v) is 4.83. The normalized spacial score (nSPS) is 32.4. The molecule has 0 heterocycles. The van der Waals surface area contributed by atoms with Crippen LogP contribution in [0.5, 0.6) is 0 Å². The van der Waals surface area contributed by atoms with Crippen molar-refractivity contribution in [3.63, 3.8) is 0 Å². The fourth-order valence-electron chi connectivity index (χ4n) is 2.04. The van der Waals surface area contributed by atoms with E-state index in [4.69, 9.17) is 0 Å². The van der Waals surface area contributed by atoms with Crippen molar-refractivity contribution in [1.29, 1.82) is 0 Å². The number of carbonyl (C=O) groups is 1. The smallest absolute Gasteiger partial charge is 0.139 e. The Labute approximate surface area is 69.2 Å². The summed E-state index contributed by atoms with van der Waals surface area (Å²) < 4.78 is 0. The number of rotatable bonds is 2. The minimum absolute atomic E-state index is 0.397. The van der Waals surface area contributed by atoms with Crippen LogP contribution in [-0.2, 0) is 4.79 Å². The van der Waals surface area contributed by atoms with Crippen molar-refractivity contribution < 1.29 is 4.79 Å². The van der Waals surface area contributed by atoms with Gasteiger partial charge in [0.15, 0.2) is 0 Å². The van der Waals surface area contributed by atoms with Crippen LogP contribution in [0.4, 0.5) is 0 Å². The molecule has 64 valence electrons. The molecule has 2 atom stereocenters. The van der Waals surface area contributed by atoms with Gasteiger partial charge in [0.25, 0.3) is 0 Å². The summed E-state index contributed by atoms with van der Waals surface area (Å²) in [5.41, 5.74) is 0. The van der Waals surface area contributed by atoms with Crippen molar-refractivity contribution in [3.8, 4) is 0 Å². The zero-order chi connectivity index (χ0) is 8.27. The molecule has 1 aliphatic rings. The summed E-state index contributed by atoms with van der Waals surface area (Å²) in [6, 6.07) is 0. The van der Waals surface area contributed by atoms with Crippen LogP contribution < -0.4 is 0 Å². The molecule has 1 aliphatic carbocycles. The predicted octanol–water partition coefficient (Wildman–Crippen LogP) is 2.79. The van der Waals surface area contributed by atoms with Crippen LogP contribution in [0.3, 0.4) is 0 Å². The van der Waals surface area contributed by atoms with Gasteiger partial charge in [-0.15, -0.1) is 0 Å². The average molecular weight is 154 g/mol. The standard InChI is InChI=1S/C10H18O/c1-3-8-6-5-7-9(4-2)10(8)11/h8-9H,3-7H2,1-2H3/t8-,9-/m0/s1. The van der Waals surface area contributed by atoms with Gasteiger partial charge < -0.3 is 0 Å². The van der Waals surface area contributed by atoms with E-state index in [0.29, 0.717) is 17.6 Å². The van der Waals surface area contributed by atoms with E-state index in [1.807, 2.05) is 0 Å². The first-order valence-electron chi connectivity index (χ1n) is 4.83. The van der Waals surface area contributed by atoms with E-state index in [1.165, 1.54) is 6.42 Å². The molecule has 1 saturated carbocycles. The van der Waals surface area contributed by atoms with Crippen LogP contribution in [0.1, 0.15) is 46.0 Å². The van der Waals surface area contributed by atoms with Gasteiger partial charge in [0.05, 0.1) is 0 Å². The quantitative estimate of drug-likeness (QED) is 0.597. The number of hydrogen-bond acceptors (Lipinski definition) is 1. The fourth-order valence-corrected chi connectivity index (χ4v) is 2.04. The molecule has 0 aromatic heterocycles. The number of Topliss-reactive ketones (excluding diaryl/α,β-unsaturated/α-hetero) is 1. The van der Waals surface area contributed by atoms with Crippen LogP contribution in [0, 0.1) is 11.8 Å². The van der Waals surface area contributed by atoms with E-state index < -0.39 is 0 Å². The van der Waals surface area contributed by atoms with Gasteiger partial charge in [0, 0.05) is 11.8 Å². The SMILES string of the molecule is CC[C@H]1CCC[C@H](CC)C1=O. The van der Waals surface area contributed by atoms with Gasteiger partial charge in [-0.1, -0.05) is 20.3 Å². The highest BCUT2D eigenvalue weighted by Crippen LogP contribution is 2.29. The highest BCUT2D eigenvalue weighted by molar-refractivity contribution is 5.83. The monoisotopic (exact) mass is 154 g/mol. The highest BCUT2D eigenvalue weighted by atomic mass is 16.1. The van der Waals surface area contributed by atoms with E-state index in [0.717, 1.165) is 25.7 Å². The van der Waals surface area contributed by atoms with Gasteiger partial charge in [0.2, 0.25) is 0 Å². The summed E-state index contributed by atoms with van der Waals surface area (Å²) in [5.74, 6) is 1.34. The molecular weight excluding hydrogens is 136 g/mol. The number of hydrogen-bond donors (Lipinski definition) is 0. The number of ketones is 1. The molecule has 0 aromatic rings. The Morgan fingerprint density at radius 1 is 1.18 bits per heavy atom. The van der Waals surface area contributed by atoms with E-state index in [1.54, 1.807) is 0 Å². The zero-order valence-corrected chi connectivity index (χ0v) is 7.60. The van der Waals surface area contributed by atoms with Crippen molar-refractivity contribution in [2.24, 2.45) is 11.8 Å². The molecule has 0 N–H and O–H groups in total. The van der Waals surface area contributed by atoms with Gasteiger partial charge >= 0.3 is 0 Å². The second kappa shape index (κ2) is 3.89. The minimum atomic E-state index is 0.397. The predicted molar refractivity (Wildman–Crippen MR) is 46.4 cm³/mol. The first-order chi connectivity index (χ1) is 5.29. The van der Waals surface area contributed by atoms with Crippen molar-refractivity contribution in [1.82, 2.24) is 0 Å². The van der Waals surface area contributed by atoms with Crippen molar-refractivity contribution in [3.05, 3.63) is 0 Å². The summed E-state index contributed by atoms with van der Waals surface area (Å²) in [6.07, 6.45) is 5.66. The molecule has 1 fully saturated rings. The zero-order valence-electron chi connectivity index (χ0n) is 7.60. The van der Waals surface area contributed by atoms with E-state index in [2.05, 4.69) is 13.8 Å². The Morgan fingerprint density at radius 2 is 1.64 bits per heavy atom. The molecule has 1 heteroatoms. The van der Waals surface area contributed by atoms with Crippen molar-refractivity contribution >= 4 is 5.78 Å². The topological polar surface area (TPSA) is 17.1 Å². The van der Waals surface area contributed by atoms with Crippen LogP contribution in [0.2, 0.25) is 0 Å². The lowest BCUT2D eigenvalue weighted by molar-refractivity contribution is -0.129. The maximum Gasteiger partial charge on any atom is 0.139 e. The Bertz CT molecular complexity index is 126. The van der Waals surface area contributed by atoms with Crippen molar-refractivity contribution in [2.75, 3.05) is 0 Å². The molecule has 0 aliphatic heterocycles. The van der Waals surface area contributed by atoms with E-state index >= 15 is 0 Å². The summed E-state index contributed by atoms with van der Waals surface area (Å²) in [5, 5.41) is 0. The molecule has 0 spiro atoms. The summed E-state index contributed by atoms with van der Waals surface area (Å²) in [6.45, 7) is 4.25. The van der Waals surface area contributed by atoms with Crippen LogP contribution in [0.15, 0.2) is 0 Å². The third kappa shape index (κ3) is 1.82. The van der Waals surface area contributed by atoms with E-state index in [9.17, 15) is 4.79 Å². The maximum atomic E-state index is 11.6. The Kier molecular flexibility index (Phi) is 3.10. The second-order valence-corrected chi connectivity index (χ2v) is 3.54. The first kappa shape index (κ1) is 8.76. The molecule has 0 unspecified atom stereocenters. The Balaban J connectivity index is 2.52.